The number of para-hydroxylation sites is 1. The number of furan rings is 1. The van der Waals surface area contributed by atoms with Crippen molar-refractivity contribution in [2.45, 2.75) is 32.2 Å². The Kier molecular flexibility index (Phi) is 4.73. The molecule has 0 unspecified atom stereocenters. The molecular formula is C21H21N3O4. The minimum Gasteiger partial charge on any atom is -0.481 e. The summed E-state index contributed by atoms with van der Waals surface area (Å²) in [4.78, 5) is 24.1. The second-order valence-corrected chi connectivity index (χ2v) is 7.10. The van der Waals surface area contributed by atoms with Crippen molar-refractivity contribution in [3.8, 4) is 17.1 Å². The second-order valence-electron chi connectivity index (χ2n) is 7.10. The Hall–Kier alpha value is -3.35. The molecular weight excluding hydrogens is 358 g/mol. The number of carbonyl (C=O) groups excluding carboxylic acids is 1. The Balaban J connectivity index is 1.64. The van der Waals surface area contributed by atoms with Crippen molar-refractivity contribution < 1.29 is 19.1 Å². The maximum atomic E-state index is 13.0. The fraction of sp³-hybridized carbons (Fsp3) is 0.286. The second kappa shape index (κ2) is 7.34. The smallest absolute Gasteiger partial charge is 0.306 e. The summed E-state index contributed by atoms with van der Waals surface area (Å²) in [6.45, 7) is 1.84. The monoisotopic (exact) mass is 379 g/mol. The van der Waals surface area contributed by atoms with Crippen LogP contribution in [0.4, 0.5) is 0 Å². The number of carboxylic acid groups (broad SMARTS) is 1. The summed E-state index contributed by atoms with van der Waals surface area (Å²) < 4.78 is 7.34. The summed E-state index contributed by atoms with van der Waals surface area (Å²) in [5, 5.41) is 16.7. The number of aryl methyl sites for hydroxylation is 1. The molecule has 1 aliphatic rings. The molecule has 1 amide bonds. The van der Waals surface area contributed by atoms with E-state index in [0.717, 1.165) is 11.4 Å². The molecule has 144 valence electrons. The van der Waals surface area contributed by atoms with E-state index in [4.69, 9.17) is 9.52 Å². The number of hydrogen-bond acceptors (Lipinski definition) is 4. The minimum atomic E-state index is -0.805. The van der Waals surface area contributed by atoms with Crippen LogP contribution in [0.1, 0.15) is 35.4 Å². The van der Waals surface area contributed by atoms with Crippen LogP contribution < -0.4 is 5.32 Å². The fourth-order valence-corrected chi connectivity index (χ4v) is 3.60. The van der Waals surface area contributed by atoms with Gasteiger partial charge in [0.15, 0.2) is 5.76 Å². The zero-order valence-electron chi connectivity index (χ0n) is 15.5. The Morgan fingerprint density at radius 2 is 1.96 bits per heavy atom. The number of carboxylic acids is 1. The van der Waals surface area contributed by atoms with Crippen molar-refractivity contribution in [2.75, 3.05) is 0 Å². The lowest BCUT2D eigenvalue weighted by Gasteiger charge is -2.12. The van der Waals surface area contributed by atoms with Gasteiger partial charge in [0, 0.05) is 12.2 Å². The molecule has 7 heteroatoms. The molecule has 2 aromatic heterocycles. The van der Waals surface area contributed by atoms with E-state index in [9.17, 15) is 9.59 Å². The summed E-state index contributed by atoms with van der Waals surface area (Å²) >= 11 is 0. The summed E-state index contributed by atoms with van der Waals surface area (Å²) in [5.41, 5.74) is 1.69. The molecule has 28 heavy (non-hydrogen) atoms. The zero-order chi connectivity index (χ0) is 19.7. The third-order valence-corrected chi connectivity index (χ3v) is 5.07. The van der Waals surface area contributed by atoms with Gasteiger partial charge in [0.25, 0.3) is 5.91 Å². The molecule has 0 aliphatic heterocycles. The van der Waals surface area contributed by atoms with Gasteiger partial charge in [-0.2, -0.15) is 5.10 Å². The van der Waals surface area contributed by atoms with Crippen molar-refractivity contribution in [1.82, 2.24) is 15.1 Å². The van der Waals surface area contributed by atoms with Gasteiger partial charge in [-0.3, -0.25) is 9.59 Å². The highest BCUT2D eigenvalue weighted by Gasteiger charge is 2.31. The molecule has 0 spiro atoms. The fourth-order valence-electron chi connectivity index (χ4n) is 3.60. The Morgan fingerprint density at radius 3 is 2.61 bits per heavy atom. The molecule has 7 nitrogen and oxygen atoms in total. The lowest BCUT2D eigenvalue weighted by atomic mass is 10.1. The largest absolute Gasteiger partial charge is 0.481 e. The zero-order valence-corrected chi connectivity index (χ0v) is 15.5. The number of rotatable bonds is 5. The molecule has 2 atom stereocenters. The number of benzene rings is 1. The Bertz CT molecular complexity index is 1010. The van der Waals surface area contributed by atoms with Crippen LogP contribution >= 0.6 is 0 Å². The van der Waals surface area contributed by atoms with E-state index in [1.807, 2.05) is 43.3 Å². The molecule has 2 N–H and O–H groups in total. The molecule has 1 aliphatic carbocycles. The van der Waals surface area contributed by atoms with Crippen LogP contribution in [-0.2, 0) is 4.79 Å². The summed E-state index contributed by atoms with van der Waals surface area (Å²) in [5.74, 6) is -0.227. The van der Waals surface area contributed by atoms with E-state index in [1.165, 1.54) is 0 Å². The first-order valence-electron chi connectivity index (χ1n) is 9.27. The number of carbonyl (C=O) groups is 2. The highest BCUT2D eigenvalue weighted by atomic mass is 16.4. The van der Waals surface area contributed by atoms with Gasteiger partial charge in [0.2, 0.25) is 0 Å². The lowest BCUT2D eigenvalue weighted by Crippen LogP contribution is -2.33. The van der Waals surface area contributed by atoms with E-state index < -0.39 is 11.9 Å². The van der Waals surface area contributed by atoms with Gasteiger partial charge in [0.05, 0.1) is 17.2 Å². The number of amides is 1. The van der Waals surface area contributed by atoms with Crippen LogP contribution in [0.25, 0.3) is 17.1 Å². The van der Waals surface area contributed by atoms with Gasteiger partial charge < -0.3 is 14.8 Å². The van der Waals surface area contributed by atoms with Crippen molar-refractivity contribution >= 4 is 11.9 Å². The van der Waals surface area contributed by atoms with E-state index >= 15 is 0 Å². The maximum Gasteiger partial charge on any atom is 0.306 e. The maximum absolute atomic E-state index is 13.0. The average Bonchev–Trinajstić information content (AvgIpc) is 3.41. The molecule has 2 heterocycles. The highest BCUT2D eigenvalue weighted by molar-refractivity contribution is 5.99. The van der Waals surface area contributed by atoms with Gasteiger partial charge in [-0.15, -0.1) is 0 Å². The number of nitrogens with zero attached hydrogens (tertiary/aromatic N) is 2. The predicted octanol–water partition coefficient (Wildman–Crippen LogP) is 3.42. The molecule has 1 fully saturated rings. The van der Waals surface area contributed by atoms with Gasteiger partial charge in [0.1, 0.15) is 11.5 Å². The SMILES string of the molecule is Cc1ccc(-c2nn(-c3ccccc3)cc2C(=O)N[C@@H]2CC[C@H](C(=O)O)C2)o1. The van der Waals surface area contributed by atoms with Crippen LogP contribution in [0.15, 0.2) is 53.1 Å². The normalized spacial score (nSPS) is 18.9. The van der Waals surface area contributed by atoms with Crippen molar-refractivity contribution in [1.29, 1.82) is 0 Å². The molecule has 4 rings (SSSR count). The van der Waals surface area contributed by atoms with Crippen molar-refractivity contribution in [2.24, 2.45) is 5.92 Å². The van der Waals surface area contributed by atoms with Crippen LogP contribution in [0.3, 0.4) is 0 Å². The van der Waals surface area contributed by atoms with E-state index in [1.54, 1.807) is 16.9 Å². The molecule has 1 aromatic carbocycles. The number of aromatic nitrogens is 2. The number of nitrogens with one attached hydrogen (secondary N) is 1. The van der Waals surface area contributed by atoms with E-state index in [-0.39, 0.29) is 11.9 Å². The van der Waals surface area contributed by atoms with E-state index in [0.29, 0.717) is 36.3 Å². The number of aliphatic carboxylic acids is 1. The quantitative estimate of drug-likeness (QED) is 0.708. The van der Waals surface area contributed by atoms with Crippen LogP contribution in [0.5, 0.6) is 0 Å². The van der Waals surface area contributed by atoms with Crippen LogP contribution in [0, 0.1) is 12.8 Å². The first-order chi connectivity index (χ1) is 13.5. The minimum absolute atomic E-state index is 0.153. The third-order valence-electron chi connectivity index (χ3n) is 5.07. The first-order valence-corrected chi connectivity index (χ1v) is 9.27. The lowest BCUT2D eigenvalue weighted by molar-refractivity contribution is -0.141. The van der Waals surface area contributed by atoms with Gasteiger partial charge in [-0.05, 0) is 50.5 Å². The van der Waals surface area contributed by atoms with Gasteiger partial charge in [-0.1, -0.05) is 18.2 Å². The topological polar surface area (TPSA) is 97.4 Å². The summed E-state index contributed by atoms with van der Waals surface area (Å²) in [6.07, 6.45) is 3.36. The third kappa shape index (κ3) is 3.55. The molecule has 0 bridgehead atoms. The van der Waals surface area contributed by atoms with Crippen molar-refractivity contribution in [3.63, 3.8) is 0 Å². The van der Waals surface area contributed by atoms with E-state index in [2.05, 4.69) is 10.4 Å². The standard InChI is InChI=1S/C21H21N3O4/c1-13-7-10-18(28-13)19-17(12-24(23-19)16-5-3-2-4-6-16)20(25)22-15-9-8-14(11-15)21(26)27/h2-7,10,12,14-15H,8-9,11H2,1H3,(H,22,25)(H,26,27)/t14-,15+/m0/s1. The average molecular weight is 379 g/mol. The van der Waals surface area contributed by atoms with Crippen LogP contribution in [-0.4, -0.2) is 32.8 Å². The predicted molar refractivity (Wildman–Crippen MR) is 102 cm³/mol. The van der Waals surface area contributed by atoms with Gasteiger partial charge >= 0.3 is 5.97 Å². The number of hydrogen-bond donors (Lipinski definition) is 2. The summed E-state index contributed by atoms with van der Waals surface area (Å²) in [6, 6.07) is 13.0. The molecule has 1 saturated carbocycles. The molecule has 0 saturated heterocycles. The van der Waals surface area contributed by atoms with Crippen LogP contribution in [0.2, 0.25) is 0 Å². The van der Waals surface area contributed by atoms with Gasteiger partial charge in [-0.25, -0.2) is 4.68 Å². The Morgan fingerprint density at radius 1 is 1.18 bits per heavy atom. The molecule has 3 aromatic rings. The van der Waals surface area contributed by atoms with Crippen molar-refractivity contribution in [3.05, 3.63) is 60.0 Å². The summed E-state index contributed by atoms with van der Waals surface area (Å²) in [7, 11) is 0. The first kappa shape index (κ1) is 18.0. The highest BCUT2D eigenvalue weighted by Crippen LogP contribution is 2.28. The molecule has 0 radical (unpaired) electrons. The Labute approximate surface area is 162 Å².